The minimum absolute atomic E-state index is 0.00644. The van der Waals surface area contributed by atoms with Crippen molar-refractivity contribution in [2.24, 2.45) is 5.11 Å². The van der Waals surface area contributed by atoms with Crippen LogP contribution in [0.25, 0.3) is 10.4 Å². The summed E-state index contributed by atoms with van der Waals surface area (Å²) in [5.41, 5.74) is 6.35. The molecule has 0 saturated carbocycles. The Kier molecular flexibility index (Phi) is 4.37. The largest absolute Gasteiger partial charge is 0.448 e. The number of ether oxygens (including phenoxy) is 1. The van der Waals surface area contributed by atoms with Crippen molar-refractivity contribution in [3.05, 3.63) is 63.8 Å². The maximum absolute atomic E-state index is 13.7. The highest BCUT2D eigenvalue weighted by molar-refractivity contribution is 5.54. The lowest BCUT2D eigenvalue weighted by molar-refractivity contribution is -0.138. The molecule has 0 aliphatic carbocycles. The molecule has 2 aromatic carbocycles. The van der Waals surface area contributed by atoms with Gasteiger partial charge in [-0.05, 0) is 29.8 Å². The Morgan fingerprint density at radius 2 is 1.57 bits per heavy atom. The third kappa shape index (κ3) is 3.49. The van der Waals surface area contributed by atoms with Gasteiger partial charge in [-0.3, -0.25) is 0 Å². The van der Waals surface area contributed by atoms with E-state index in [1.54, 1.807) is 0 Å². The molecule has 2 aromatic rings. The Labute approximate surface area is 124 Å². The average Bonchev–Trinajstić information content (AvgIpc) is 2.44. The van der Waals surface area contributed by atoms with Gasteiger partial charge in [0.25, 0.3) is 0 Å². The van der Waals surface area contributed by atoms with Crippen LogP contribution in [0.2, 0.25) is 0 Å². The lowest BCUT2D eigenvalue weighted by Crippen LogP contribution is -2.07. The fourth-order valence-electron chi connectivity index (χ4n) is 1.65. The number of halogens is 6. The summed E-state index contributed by atoms with van der Waals surface area (Å²) < 4.78 is 83.0. The molecule has 0 atom stereocenters. The molecule has 0 saturated heterocycles. The van der Waals surface area contributed by atoms with Crippen LogP contribution >= 0.6 is 0 Å². The maximum Gasteiger partial charge on any atom is 0.416 e. The van der Waals surface area contributed by atoms with E-state index in [1.165, 1.54) is 0 Å². The minimum Gasteiger partial charge on any atom is -0.448 e. The minimum atomic E-state index is -4.96. The molecule has 0 heterocycles. The van der Waals surface area contributed by atoms with Gasteiger partial charge in [0.1, 0.15) is 0 Å². The first-order valence-corrected chi connectivity index (χ1v) is 5.81. The van der Waals surface area contributed by atoms with E-state index in [2.05, 4.69) is 14.8 Å². The predicted octanol–water partition coefficient (Wildman–Crippen LogP) is 5.86. The summed E-state index contributed by atoms with van der Waals surface area (Å²) in [5.74, 6) is -6.56. The monoisotopic (exact) mass is 333 g/mol. The number of alkyl halides is 3. The maximum atomic E-state index is 13.7. The third-order valence-corrected chi connectivity index (χ3v) is 2.63. The highest BCUT2D eigenvalue weighted by Gasteiger charge is 2.33. The van der Waals surface area contributed by atoms with Crippen LogP contribution in [0, 0.1) is 17.5 Å². The van der Waals surface area contributed by atoms with Gasteiger partial charge in [-0.15, -0.1) is 0 Å². The Balaban J connectivity index is 2.52. The van der Waals surface area contributed by atoms with Gasteiger partial charge in [-0.1, -0.05) is 11.2 Å². The second-order valence-corrected chi connectivity index (χ2v) is 4.15. The van der Waals surface area contributed by atoms with Gasteiger partial charge in [0.15, 0.2) is 29.0 Å². The van der Waals surface area contributed by atoms with E-state index in [9.17, 15) is 26.3 Å². The van der Waals surface area contributed by atoms with Gasteiger partial charge >= 0.3 is 6.18 Å². The Hall–Kier alpha value is -2.87. The number of hydrogen-bond acceptors (Lipinski definition) is 2. The van der Waals surface area contributed by atoms with E-state index in [1.807, 2.05) is 0 Å². The molecule has 0 unspecified atom stereocenters. The van der Waals surface area contributed by atoms with Crippen LogP contribution in [0.3, 0.4) is 0 Å². The fraction of sp³-hybridized carbons (Fsp3) is 0.0769. The van der Waals surface area contributed by atoms with E-state index in [0.29, 0.717) is 0 Å². The van der Waals surface area contributed by atoms with Gasteiger partial charge in [0, 0.05) is 4.91 Å². The van der Waals surface area contributed by atoms with Crippen LogP contribution in [0.4, 0.5) is 32.0 Å². The summed E-state index contributed by atoms with van der Waals surface area (Å²) >= 11 is 0. The highest BCUT2D eigenvalue weighted by atomic mass is 19.4. The van der Waals surface area contributed by atoms with E-state index < -0.39 is 46.4 Å². The lowest BCUT2D eigenvalue weighted by atomic mass is 10.2. The second-order valence-electron chi connectivity index (χ2n) is 4.15. The van der Waals surface area contributed by atoms with Crippen molar-refractivity contribution < 1.29 is 31.1 Å². The molecular weight excluding hydrogens is 328 g/mol. The van der Waals surface area contributed by atoms with Crippen molar-refractivity contribution in [2.45, 2.75) is 6.18 Å². The molecule has 0 spiro atoms. The van der Waals surface area contributed by atoms with Gasteiger partial charge in [-0.2, -0.15) is 13.2 Å². The zero-order chi connectivity index (χ0) is 17.2. The second kappa shape index (κ2) is 6.09. The summed E-state index contributed by atoms with van der Waals surface area (Å²) in [4.78, 5) is 2.38. The van der Waals surface area contributed by atoms with Crippen LogP contribution in [0.15, 0.2) is 35.4 Å². The van der Waals surface area contributed by atoms with Gasteiger partial charge in [0.05, 0.1) is 11.3 Å². The molecule has 120 valence electrons. The van der Waals surface area contributed by atoms with Crippen molar-refractivity contribution in [1.29, 1.82) is 0 Å². The Morgan fingerprint density at radius 1 is 0.957 bits per heavy atom. The normalized spacial score (nSPS) is 11.0. The third-order valence-electron chi connectivity index (χ3n) is 2.63. The molecule has 0 amide bonds. The number of rotatable bonds is 3. The molecule has 0 bridgehead atoms. The molecule has 0 aliphatic rings. The zero-order valence-electron chi connectivity index (χ0n) is 10.9. The SMILES string of the molecule is [N-]=[N+]=Nc1cccc(F)c1Oc1c(F)cc(C(F)(F)F)cc1F. The summed E-state index contributed by atoms with van der Waals surface area (Å²) in [6.07, 6.45) is -4.96. The number of nitrogens with zero attached hydrogens (tertiary/aromatic N) is 3. The van der Waals surface area contributed by atoms with E-state index in [-0.39, 0.29) is 12.1 Å². The predicted molar refractivity (Wildman–Crippen MR) is 66.6 cm³/mol. The molecule has 0 fully saturated rings. The highest BCUT2D eigenvalue weighted by Crippen LogP contribution is 2.39. The molecular formula is C13H5F6N3O. The van der Waals surface area contributed by atoms with Crippen LogP contribution in [-0.4, -0.2) is 0 Å². The summed E-state index contributed by atoms with van der Waals surface area (Å²) in [6, 6.07) is 3.11. The van der Waals surface area contributed by atoms with Gasteiger partial charge < -0.3 is 4.74 Å². The first kappa shape index (κ1) is 16.5. The van der Waals surface area contributed by atoms with E-state index in [4.69, 9.17) is 5.53 Å². The summed E-state index contributed by atoms with van der Waals surface area (Å²) in [6.45, 7) is 0. The Bertz CT molecular complexity index is 776. The number of para-hydroxylation sites is 1. The molecule has 10 heteroatoms. The van der Waals surface area contributed by atoms with Crippen molar-refractivity contribution in [3.8, 4) is 11.5 Å². The quantitative estimate of drug-likeness (QED) is 0.300. The van der Waals surface area contributed by atoms with Crippen molar-refractivity contribution >= 4 is 5.69 Å². The first-order chi connectivity index (χ1) is 10.7. The molecule has 2 rings (SSSR count). The number of benzene rings is 2. The van der Waals surface area contributed by atoms with Crippen LogP contribution in [0.1, 0.15) is 5.56 Å². The lowest BCUT2D eigenvalue weighted by Gasteiger charge is -2.13. The molecule has 23 heavy (non-hydrogen) atoms. The van der Waals surface area contributed by atoms with Crippen LogP contribution in [0.5, 0.6) is 11.5 Å². The van der Waals surface area contributed by atoms with E-state index >= 15 is 0 Å². The molecule has 0 aromatic heterocycles. The molecule has 0 N–H and O–H groups in total. The van der Waals surface area contributed by atoms with Crippen molar-refractivity contribution in [1.82, 2.24) is 0 Å². The van der Waals surface area contributed by atoms with Crippen molar-refractivity contribution in [3.63, 3.8) is 0 Å². The number of hydrogen-bond donors (Lipinski definition) is 0. The topological polar surface area (TPSA) is 58.0 Å². The first-order valence-electron chi connectivity index (χ1n) is 5.81. The smallest absolute Gasteiger partial charge is 0.416 e. The molecule has 0 radical (unpaired) electrons. The fourth-order valence-corrected chi connectivity index (χ4v) is 1.65. The van der Waals surface area contributed by atoms with Gasteiger partial charge in [-0.25, -0.2) is 13.2 Å². The average molecular weight is 333 g/mol. The molecule has 4 nitrogen and oxygen atoms in total. The van der Waals surface area contributed by atoms with E-state index in [0.717, 1.165) is 18.2 Å². The van der Waals surface area contributed by atoms with Crippen LogP contribution < -0.4 is 4.74 Å². The zero-order valence-corrected chi connectivity index (χ0v) is 10.9. The van der Waals surface area contributed by atoms with Crippen molar-refractivity contribution in [2.75, 3.05) is 0 Å². The number of azide groups is 1. The Morgan fingerprint density at radius 3 is 2.09 bits per heavy atom. The summed E-state index contributed by atoms with van der Waals surface area (Å²) in [5, 5.41) is 3.07. The van der Waals surface area contributed by atoms with Gasteiger partial charge in [0.2, 0.25) is 0 Å². The molecule has 0 aliphatic heterocycles. The van der Waals surface area contributed by atoms with Crippen LogP contribution in [-0.2, 0) is 6.18 Å². The summed E-state index contributed by atoms with van der Waals surface area (Å²) in [7, 11) is 0. The standard InChI is InChI=1S/C13H5F6N3O/c14-7-2-1-3-10(21-22-20)12(7)23-11-8(15)4-6(5-9(11)16)13(17,18)19/h1-5H.